The maximum absolute atomic E-state index is 9.89. The van der Waals surface area contributed by atoms with Crippen molar-refractivity contribution < 1.29 is 5.11 Å². The van der Waals surface area contributed by atoms with Crippen molar-refractivity contribution in [2.75, 3.05) is 0 Å². The third kappa shape index (κ3) is 4.09. The molecule has 3 atom stereocenters. The second kappa shape index (κ2) is 6.46. The number of allylic oxidation sites excluding steroid dienone is 2. The summed E-state index contributed by atoms with van der Waals surface area (Å²) >= 11 is 8.20. The van der Waals surface area contributed by atoms with Crippen LogP contribution in [0.25, 0.3) is 0 Å². The Hall–Kier alpha value is -0.120. The van der Waals surface area contributed by atoms with Crippen LogP contribution in [0.2, 0.25) is 0 Å². The molecule has 1 fully saturated rings. The van der Waals surface area contributed by atoms with Crippen LogP contribution in [0.15, 0.2) is 35.1 Å². The largest absolute Gasteiger partial charge is 0.392 e. The lowest BCUT2D eigenvalue weighted by atomic mass is 9.80. The Morgan fingerprint density at radius 2 is 2.13 bits per heavy atom. The van der Waals surface area contributed by atoms with Crippen molar-refractivity contribution in [1.82, 2.24) is 0 Å². The average Bonchev–Trinajstić information content (AvgIpc) is 2.26. The molecule has 1 rings (SSSR count). The summed E-state index contributed by atoms with van der Waals surface area (Å²) in [6, 6.07) is 0. The fourth-order valence-corrected chi connectivity index (χ4v) is 2.08. The summed E-state index contributed by atoms with van der Waals surface area (Å²) in [7, 11) is 0. The highest BCUT2D eigenvalue weighted by Gasteiger charge is 2.25. The molecule has 15 heavy (non-hydrogen) atoms. The summed E-state index contributed by atoms with van der Waals surface area (Å²) in [5.41, 5.74) is 0. The number of thiol groups is 2. The molecular weight excluding hydrogens is 224 g/mol. The fourth-order valence-electron chi connectivity index (χ4n) is 1.91. The van der Waals surface area contributed by atoms with Crippen molar-refractivity contribution in [3.8, 4) is 0 Å². The molecule has 1 saturated carbocycles. The molecule has 0 bridgehead atoms. The van der Waals surface area contributed by atoms with Crippen LogP contribution in [0.4, 0.5) is 0 Å². The predicted octanol–water partition coefficient (Wildman–Crippen LogP) is 3.21. The minimum atomic E-state index is -0.251. The van der Waals surface area contributed by atoms with Gasteiger partial charge in [-0.05, 0) is 30.6 Å². The summed E-state index contributed by atoms with van der Waals surface area (Å²) in [6.45, 7) is 3.77. The molecule has 0 radical (unpaired) electrons. The van der Waals surface area contributed by atoms with Crippen LogP contribution in [0.3, 0.4) is 0 Å². The Labute approximate surface area is 103 Å². The van der Waals surface area contributed by atoms with Gasteiger partial charge in [-0.3, -0.25) is 0 Å². The molecule has 0 spiro atoms. The lowest BCUT2D eigenvalue weighted by molar-refractivity contribution is 0.0767. The predicted molar refractivity (Wildman–Crippen MR) is 72.2 cm³/mol. The first kappa shape index (κ1) is 12.9. The average molecular weight is 242 g/mol. The molecule has 0 aromatic heterocycles. The van der Waals surface area contributed by atoms with E-state index in [0.29, 0.717) is 5.92 Å². The smallest absolute Gasteiger partial charge is 0.0608 e. The number of aliphatic hydroxyl groups is 1. The summed E-state index contributed by atoms with van der Waals surface area (Å²) in [5.74, 6) is 0.720. The van der Waals surface area contributed by atoms with Crippen molar-refractivity contribution in [2.24, 2.45) is 11.8 Å². The van der Waals surface area contributed by atoms with Crippen LogP contribution in [0, 0.1) is 11.8 Å². The van der Waals surface area contributed by atoms with Crippen molar-refractivity contribution in [1.29, 1.82) is 0 Å². The molecule has 1 aliphatic carbocycles. The molecule has 0 heterocycles. The van der Waals surface area contributed by atoms with Crippen LogP contribution in [-0.2, 0) is 0 Å². The zero-order chi connectivity index (χ0) is 11.3. The summed E-state index contributed by atoms with van der Waals surface area (Å²) < 4.78 is 0. The number of hydrogen-bond acceptors (Lipinski definition) is 3. The minimum Gasteiger partial charge on any atom is -0.392 e. The molecule has 0 aliphatic heterocycles. The Kier molecular flexibility index (Phi) is 5.58. The molecule has 1 aliphatic rings. The molecular formula is C12H18OS2. The standard InChI is InChI=1S/C12H18OS2/c1-2-9-3-4-10(12(13)7-9)5-6-11(15)8-14/h2,5-6,8-10,12-15H,1,3-4,7H2/b6-5?,11-8-. The van der Waals surface area contributed by atoms with Crippen LogP contribution in [-0.4, -0.2) is 11.2 Å². The van der Waals surface area contributed by atoms with Gasteiger partial charge in [0.15, 0.2) is 0 Å². The van der Waals surface area contributed by atoms with E-state index >= 15 is 0 Å². The topological polar surface area (TPSA) is 20.2 Å². The molecule has 0 saturated heterocycles. The zero-order valence-corrected chi connectivity index (χ0v) is 10.5. The van der Waals surface area contributed by atoms with E-state index in [4.69, 9.17) is 0 Å². The molecule has 84 valence electrons. The Bertz CT molecular complexity index is 271. The second-order valence-corrected chi connectivity index (χ2v) is 4.73. The van der Waals surface area contributed by atoms with Crippen molar-refractivity contribution >= 4 is 25.3 Å². The summed E-state index contributed by atoms with van der Waals surface area (Å²) in [5, 5.41) is 11.5. The fraction of sp³-hybridized carbons (Fsp3) is 0.500. The van der Waals surface area contributed by atoms with Gasteiger partial charge in [-0.15, -0.1) is 19.2 Å². The van der Waals surface area contributed by atoms with E-state index in [-0.39, 0.29) is 12.0 Å². The van der Waals surface area contributed by atoms with Gasteiger partial charge < -0.3 is 5.11 Å². The van der Waals surface area contributed by atoms with Crippen LogP contribution in [0.5, 0.6) is 0 Å². The Morgan fingerprint density at radius 1 is 1.40 bits per heavy atom. The van der Waals surface area contributed by atoms with E-state index in [9.17, 15) is 5.11 Å². The van der Waals surface area contributed by atoms with Crippen molar-refractivity contribution in [3.63, 3.8) is 0 Å². The van der Waals surface area contributed by atoms with Gasteiger partial charge in [0.25, 0.3) is 0 Å². The van der Waals surface area contributed by atoms with Gasteiger partial charge in [0, 0.05) is 10.8 Å². The third-order valence-electron chi connectivity index (χ3n) is 2.89. The van der Waals surface area contributed by atoms with Gasteiger partial charge in [-0.25, -0.2) is 0 Å². The molecule has 0 aromatic carbocycles. The zero-order valence-electron chi connectivity index (χ0n) is 8.71. The van der Waals surface area contributed by atoms with Gasteiger partial charge in [0.1, 0.15) is 0 Å². The van der Waals surface area contributed by atoms with E-state index in [2.05, 4.69) is 31.8 Å². The molecule has 0 amide bonds. The quantitative estimate of drug-likeness (QED) is 0.394. The first-order valence-electron chi connectivity index (χ1n) is 5.19. The first-order chi connectivity index (χ1) is 7.17. The lowest BCUT2D eigenvalue weighted by Crippen LogP contribution is -2.27. The lowest BCUT2D eigenvalue weighted by Gasteiger charge is -2.29. The van der Waals surface area contributed by atoms with Gasteiger partial charge in [-0.1, -0.05) is 18.2 Å². The molecule has 1 nitrogen and oxygen atoms in total. The monoisotopic (exact) mass is 242 g/mol. The molecule has 1 N–H and O–H groups in total. The van der Waals surface area contributed by atoms with E-state index in [1.807, 2.05) is 18.2 Å². The van der Waals surface area contributed by atoms with Crippen LogP contribution >= 0.6 is 25.3 Å². The van der Waals surface area contributed by atoms with Crippen LogP contribution < -0.4 is 0 Å². The molecule has 3 heteroatoms. The second-order valence-electron chi connectivity index (χ2n) is 3.95. The molecule has 0 aromatic rings. The van der Waals surface area contributed by atoms with Gasteiger partial charge in [0.05, 0.1) is 6.10 Å². The van der Waals surface area contributed by atoms with Gasteiger partial charge in [-0.2, -0.15) is 12.6 Å². The summed E-state index contributed by atoms with van der Waals surface area (Å²) in [6.07, 6.45) is 8.58. The number of rotatable bonds is 3. The highest BCUT2D eigenvalue weighted by Crippen LogP contribution is 2.30. The minimum absolute atomic E-state index is 0.247. The number of aliphatic hydroxyl groups excluding tert-OH is 1. The van der Waals surface area contributed by atoms with E-state index in [1.165, 1.54) is 0 Å². The maximum Gasteiger partial charge on any atom is 0.0608 e. The normalized spacial score (nSPS) is 33.3. The Morgan fingerprint density at radius 3 is 2.67 bits per heavy atom. The highest BCUT2D eigenvalue weighted by atomic mass is 32.1. The van der Waals surface area contributed by atoms with E-state index in [1.54, 1.807) is 5.41 Å². The first-order valence-corrected chi connectivity index (χ1v) is 6.16. The van der Waals surface area contributed by atoms with Gasteiger partial charge in [0.2, 0.25) is 0 Å². The van der Waals surface area contributed by atoms with Crippen molar-refractivity contribution in [2.45, 2.75) is 25.4 Å². The SMILES string of the molecule is C=CC1CCC(C=C/C(S)=C/S)C(O)C1. The van der Waals surface area contributed by atoms with E-state index in [0.717, 1.165) is 24.2 Å². The molecule has 3 unspecified atom stereocenters. The highest BCUT2D eigenvalue weighted by molar-refractivity contribution is 7.88. The Balaban J connectivity index is 2.51. The van der Waals surface area contributed by atoms with Crippen LogP contribution in [0.1, 0.15) is 19.3 Å². The maximum atomic E-state index is 9.89. The van der Waals surface area contributed by atoms with E-state index < -0.39 is 0 Å². The summed E-state index contributed by atoms with van der Waals surface area (Å²) in [4.78, 5) is 0.816. The van der Waals surface area contributed by atoms with Gasteiger partial charge >= 0.3 is 0 Å². The third-order valence-corrected chi connectivity index (χ3v) is 3.65. The van der Waals surface area contributed by atoms with Crippen molar-refractivity contribution in [3.05, 3.63) is 35.1 Å². The number of hydrogen-bond donors (Lipinski definition) is 3.